The second-order valence-corrected chi connectivity index (χ2v) is 8.47. The van der Waals surface area contributed by atoms with Gasteiger partial charge in [0.1, 0.15) is 0 Å². The van der Waals surface area contributed by atoms with Gasteiger partial charge in [0.05, 0.1) is 14.9 Å². The zero-order chi connectivity index (χ0) is 14.8. The van der Waals surface area contributed by atoms with Gasteiger partial charge < -0.3 is 0 Å². The summed E-state index contributed by atoms with van der Waals surface area (Å²) in [5, 5.41) is 1.53. The van der Waals surface area contributed by atoms with Crippen LogP contribution in [-0.4, -0.2) is 31.1 Å². The first kappa shape index (κ1) is 16.6. The lowest BCUT2D eigenvalue weighted by atomic mass is 9.97. The number of rotatable bonds is 4. The van der Waals surface area contributed by atoms with E-state index in [4.69, 9.17) is 23.2 Å². The van der Waals surface area contributed by atoms with Crippen molar-refractivity contribution in [1.29, 1.82) is 0 Å². The van der Waals surface area contributed by atoms with E-state index in [1.807, 2.05) is 0 Å². The minimum atomic E-state index is -3.48. The molecule has 1 heterocycles. The highest BCUT2D eigenvalue weighted by Crippen LogP contribution is 2.29. The Kier molecular flexibility index (Phi) is 5.77. The van der Waals surface area contributed by atoms with Crippen molar-refractivity contribution in [1.82, 2.24) is 4.31 Å². The molecule has 1 unspecified atom stereocenters. The van der Waals surface area contributed by atoms with Gasteiger partial charge in [0.25, 0.3) is 0 Å². The highest BCUT2D eigenvalue weighted by atomic mass is 79.9. The van der Waals surface area contributed by atoms with Crippen LogP contribution in [0.3, 0.4) is 0 Å². The van der Waals surface area contributed by atoms with Gasteiger partial charge in [0.15, 0.2) is 0 Å². The molecule has 1 aromatic carbocycles. The van der Waals surface area contributed by atoms with E-state index >= 15 is 0 Å². The zero-order valence-electron chi connectivity index (χ0n) is 10.9. The molecule has 1 aliphatic rings. The van der Waals surface area contributed by atoms with E-state index in [-0.39, 0.29) is 9.92 Å². The lowest BCUT2D eigenvalue weighted by Crippen LogP contribution is -2.40. The second-order valence-electron chi connectivity index (χ2n) is 4.92. The number of sulfonamides is 1. The number of halogens is 3. The molecule has 1 atom stereocenters. The molecule has 2 rings (SSSR count). The van der Waals surface area contributed by atoms with Gasteiger partial charge in [-0.05, 0) is 43.4 Å². The summed E-state index contributed by atoms with van der Waals surface area (Å²) in [5.41, 5.74) is 0. The monoisotopic (exact) mass is 399 g/mol. The van der Waals surface area contributed by atoms with Gasteiger partial charge in [0, 0.05) is 18.4 Å². The number of alkyl halides is 1. The molecule has 7 heteroatoms. The van der Waals surface area contributed by atoms with Gasteiger partial charge in [-0.25, -0.2) is 8.42 Å². The van der Waals surface area contributed by atoms with Crippen LogP contribution in [0.15, 0.2) is 23.1 Å². The summed E-state index contributed by atoms with van der Waals surface area (Å²) < 4.78 is 26.8. The van der Waals surface area contributed by atoms with Crippen LogP contribution in [0, 0.1) is 5.92 Å². The maximum atomic E-state index is 12.6. The first-order valence-electron chi connectivity index (χ1n) is 6.46. The van der Waals surface area contributed by atoms with Gasteiger partial charge in [-0.15, -0.1) is 0 Å². The van der Waals surface area contributed by atoms with Crippen molar-refractivity contribution in [3.63, 3.8) is 0 Å². The van der Waals surface area contributed by atoms with Crippen LogP contribution in [-0.2, 0) is 10.0 Å². The van der Waals surface area contributed by atoms with E-state index < -0.39 is 10.0 Å². The van der Waals surface area contributed by atoms with Crippen molar-refractivity contribution in [3.8, 4) is 0 Å². The predicted octanol–water partition coefficient (Wildman–Crippen LogP) is 4.18. The van der Waals surface area contributed by atoms with Gasteiger partial charge in [-0.2, -0.15) is 4.31 Å². The van der Waals surface area contributed by atoms with Crippen LogP contribution in [0.2, 0.25) is 10.0 Å². The van der Waals surface area contributed by atoms with Crippen LogP contribution < -0.4 is 0 Å². The summed E-state index contributed by atoms with van der Waals surface area (Å²) in [4.78, 5) is 0.214. The summed E-state index contributed by atoms with van der Waals surface area (Å²) in [6.07, 6.45) is 2.98. The van der Waals surface area contributed by atoms with Gasteiger partial charge in [0.2, 0.25) is 10.0 Å². The van der Waals surface area contributed by atoms with E-state index in [0.29, 0.717) is 24.0 Å². The average molecular weight is 401 g/mol. The Morgan fingerprint density at radius 2 is 2.05 bits per heavy atom. The fourth-order valence-electron chi connectivity index (χ4n) is 2.42. The van der Waals surface area contributed by atoms with Crippen LogP contribution in [0.1, 0.15) is 19.3 Å². The molecule has 1 aliphatic heterocycles. The molecule has 20 heavy (non-hydrogen) atoms. The molecule has 1 saturated heterocycles. The number of benzene rings is 1. The van der Waals surface area contributed by atoms with Gasteiger partial charge in [-0.1, -0.05) is 39.1 Å². The second kappa shape index (κ2) is 6.97. The molecule has 0 aromatic heterocycles. The summed E-state index contributed by atoms with van der Waals surface area (Å²) in [7, 11) is -3.48. The SMILES string of the molecule is O=S(=O)(c1ccc(Cl)c(Cl)c1)N1CCCC(CCBr)C1. The largest absolute Gasteiger partial charge is 0.243 e. The molecular formula is C13H16BrCl2NO2S. The normalized spacial score (nSPS) is 21.1. The Hall–Kier alpha value is 0.190. The first-order chi connectivity index (χ1) is 9.45. The lowest BCUT2D eigenvalue weighted by Gasteiger charge is -2.31. The van der Waals surface area contributed by atoms with E-state index in [1.54, 1.807) is 4.31 Å². The van der Waals surface area contributed by atoms with E-state index in [1.165, 1.54) is 18.2 Å². The first-order valence-corrected chi connectivity index (χ1v) is 9.78. The molecule has 112 valence electrons. The minimum Gasteiger partial charge on any atom is -0.207 e. The fourth-order valence-corrected chi connectivity index (χ4v) is 5.01. The highest BCUT2D eigenvalue weighted by Gasteiger charge is 2.30. The number of nitrogens with zero attached hydrogens (tertiary/aromatic N) is 1. The van der Waals surface area contributed by atoms with Crippen LogP contribution >= 0.6 is 39.1 Å². The van der Waals surface area contributed by atoms with Crippen LogP contribution in [0.4, 0.5) is 0 Å². The Bertz CT molecular complexity index is 578. The molecule has 1 fully saturated rings. The van der Waals surface area contributed by atoms with Crippen LogP contribution in [0.25, 0.3) is 0 Å². The Morgan fingerprint density at radius 1 is 1.30 bits per heavy atom. The molecule has 0 saturated carbocycles. The van der Waals surface area contributed by atoms with E-state index in [9.17, 15) is 8.42 Å². The average Bonchev–Trinajstić information content (AvgIpc) is 2.42. The molecular weight excluding hydrogens is 385 g/mol. The van der Waals surface area contributed by atoms with Crippen molar-refractivity contribution < 1.29 is 8.42 Å². The summed E-state index contributed by atoms with van der Waals surface area (Å²) >= 11 is 15.2. The molecule has 0 N–H and O–H groups in total. The molecule has 3 nitrogen and oxygen atoms in total. The van der Waals surface area contributed by atoms with E-state index in [0.717, 1.165) is 24.6 Å². The smallest absolute Gasteiger partial charge is 0.207 e. The Balaban J connectivity index is 2.23. The van der Waals surface area contributed by atoms with Crippen molar-refractivity contribution >= 4 is 49.2 Å². The predicted molar refractivity (Wildman–Crippen MR) is 86.4 cm³/mol. The van der Waals surface area contributed by atoms with E-state index in [2.05, 4.69) is 15.9 Å². The molecule has 1 aromatic rings. The number of hydrogen-bond acceptors (Lipinski definition) is 2. The Labute approximate surface area is 138 Å². The number of hydrogen-bond donors (Lipinski definition) is 0. The van der Waals surface area contributed by atoms with Crippen molar-refractivity contribution in [2.45, 2.75) is 24.2 Å². The maximum absolute atomic E-state index is 12.6. The summed E-state index contributed by atoms with van der Waals surface area (Å²) in [6.45, 7) is 1.15. The van der Waals surface area contributed by atoms with Gasteiger partial charge >= 0.3 is 0 Å². The topological polar surface area (TPSA) is 37.4 Å². The summed E-state index contributed by atoms with van der Waals surface area (Å²) in [5.74, 6) is 0.417. The summed E-state index contributed by atoms with van der Waals surface area (Å²) in [6, 6.07) is 4.46. The molecule has 0 radical (unpaired) electrons. The maximum Gasteiger partial charge on any atom is 0.243 e. The fraction of sp³-hybridized carbons (Fsp3) is 0.538. The highest BCUT2D eigenvalue weighted by molar-refractivity contribution is 9.09. The van der Waals surface area contributed by atoms with Crippen LogP contribution in [0.5, 0.6) is 0 Å². The zero-order valence-corrected chi connectivity index (χ0v) is 14.8. The molecule has 0 spiro atoms. The van der Waals surface area contributed by atoms with Crippen molar-refractivity contribution in [2.24, 2.45) is 5.92 Å². The Morgan fingerprint density at radius 3 is 2.70 bits per heavy atom. The third kappa shape index (κ3) is 3.69. The quantitative estimate of drug-likeness (QED) is 0.711. The molecule has 0 bridgehead atoms. The standard InChI is InChI=1S/C13H16BrCl2NO2S/c14-6-5-10-2-1-7-17(9-10)20(18,19)11-3-4-12(15)13(16)8-11/h3-4,8,10H,1-2,5-7,9H2. The molecule has 0 amide bonds. The number of piperidine rings is 1. The molecule has 0 aliphatic carbocycles. The lowest BCUT2D eigenvalue weighted by molar-refractivity contribution is 0.263. The van der Waals surface area contributed by atoms with Crippen molar-refractivity contribution in [3.05, 3.63) is 28.2 Å². The third-order valence-corrected chi connectivity index (χ3v) is 6.59. The van der Waals surface area contributed by atoms with Crippen molar-refractivity contribution in [2.75, 3.05) is 18.4 Å². The minimum absolute atomic E-state index is 0.214. The third-order valence-electron chi connectivity index (χ3n) is 3.53. The van der Waals surface area contributed by atoms with Gasteiger partial charge in [-0.3, -0.25) is 0 Å².